The molecule has 5 nitrogen and oxygen atoms in total. The Morgan fingerprint density at radius 1 is 1.03 bits per heavy atom. The Morgan fingerprint density at radius 3 is 2.59 bits per heavy atom. The molecule has 0 saturated heterocycles. The molecule has 34 heavy (non-hydrogen) atoms. The molecular formula is C28H22N2O3S. The van der Waals surface area contributed by atoms with Crippen LogP contribution in [0.15, 0.2) is 88.2 Å². The Balaban J connectivity index is 1.62. The number of phenolic OH excluding ortho intramolecular Hbond substituents is 1. The summed E-state index contributed by atoms with van der Waals surface area (Å²) in [7, 11) is 1.65. The number of methoxy groups -OCH3 is 1. The van der Waals surface area contributed by atoms with Crippen LogP contribution < -0.4 is 19.6 Å². The normalized spacial score (nSPS) is 17.0. The molecule has 168 valence electrons. The molecule has 1 aliphatic carbocycles. The van der Waals surface area contributed by atoms with Crippen LogP contribution in [0.1, 0.15) is 34.7 Å². The van der Waals surface area contributed by atoms with Crippen LogP contribution in [0.5, 0.6) is 11.5 Å². The van der Waals surface area contributed by atoms with Gasteiger partial charge in [-0.15, -0.1) is 0 Å². The van der Waals surface area contributed by atoms with Crippen molar-refractivity contribution in [3.8, 4) is 11.5 Å². The predicted molar refractivity (Wildman–Crippen MR) is 134 cm³/mol. The molecule has 1 aliphatic heterocycles. The maximum Gasteiger partial charge on any atom is 0.271 e. The lowest BCUT2D eigenvalue weighted by molar-refractivity contribution is 0.414. The van der Waals surface area contributed by atoms with Crippen molar-refractivity contribution in [1.82, 2.24) is 4.57 Å². The SMILES string of the molecule is COc1ccc(C2C3=C(N=c4s/c(=C/c5ccccc5O)c(=O)n42)c2ccccc2CC3)cc1. The molecule has 4 aromatic rings. The van der Waals surface area contributed by atoms with Gasteiger partial charge < -0.3 is 9.84 Å². The zero-order valence-electron chi connectivity index (χ0n) is 18.6. The van der Waals surface area contributed by atoms with E-state index in [-0.39, 0.29) is 17.4 Å². The van der Waals surface area contributed by atoms with E-state index in [4.69, 9.17) is 9.73 Å². The van der Waals surface area contributed by atoms with Gasteiger partial charge in [0.05, 0.1) is 23.4 Å². The van der Waals surface area contributed by atoms with Crippen LogP contribution >= 0.6 is 11.3 Å². The van der Waals surface area contributed by atoms with Gasteiger partial charge in [0.1, 0.15) is 11.5 Å². The van der Waals surface area contributed by atoms with E-state index in [1.165, 1.54) is 16.9 Å². The summed E-state index contributed by atoms with van der Waals surface area (Å²) in [5, 5.41) is 10.2. The molecule has 0 spiro atoms. The Kier molecular flexibility index (Phi) is 4.96. The summed E-state index contributed by atoms with van der Waals surface area (Å²) in [5.41, 5.74) is 6.09. The first-order valence-electron chi connectivity index (χ1n) is 11.2. The van der Waals surface area contributed by atoms with Crippen LogP contribution in [-0.2, 0) is 6.42 Å². The summed E-state index contributed by atoms with van der Waals surface area (Å²) in [4.78, 5) is 19.4. The molecule has 1 N–H and O–H groups in total. The fourth-order valence-corrected chi connectivity index (χ4v) is 5.85. The number of rotatable bonds is 3. The zero-order chi connectivity index (χ0) is 23.2. The van der Waals surface area contributed by atoms with E-state index in [9.17, 15) is 9.90 Å². The van der Waals surface area contributed by atoms with E-state index in [0.717, 1.165) is 41.0 Å². The topological polar surface area (TPSA) is 63.8 Å². The van der Waals surface area contributed by atoms with Crippen molar-refractivity contribution >= 4 is 23.1 Å². The van der Waals surface area contributed by atoms with Gasteiger partial charge in [0.15, 0.2) is 4.80 Å². The first-order valence-corrected chi connectivity index (χ1v) is 12.0. The summed E-state index contributed by atoms with van der Waals surface area (Å²) in [5.74, 6) is 0.923. The molecule has 1 aromatic heterocycles. The Hall–Kier alpha value is -3.90. The molecule has 1 unspecified atom stereocenters. The monoisotopic (exact) mass is 466 g/mol. The van der Waals surface area contributed by atoms with E-state index >= 15 is 0 Å². The largest absolute Gasteiger partial charge is 0.507 e. The van der Waals surface area contributed by atoms with Gasteiger partial charge in [-0.05, 0) is 53.8 Å². The molecule has 0 bridgehead atoms. The highest BCUT2D eigenvalue weighted by molar-refractivity contribution is 7.07. The number of aryl methyl sites for hydroxylation is 1. The fourth-order valence-electron chi connectivity index (χ4n) is 4.86. The van der Waals surface area contributed by atoms with E-state index in [0.29, 0.717) is 14.9 Å². The molecule has 0 amide bonds. The van der Waals surface area contributed by atoms with Crippen LogP contribution in [-0.4, -0.2) is 16.8 Å². The third-order valence-corrected chi connectivity index (χ3v) is 7.51. The smallest absolute Gasteiger partial charge is 0.271 e. The summed E-state index contributed by atoms with van der Waals surface area (Å²) in [6.45, 7) is 0. The highest BCUT2D eigenvalue weighted by Crippen LogP contribution is 2.41. The minimum absolute atomic E-state index is 0.0989. The summed E-state index contributed by atoms with van der Waals surface area (Å²) in [6, 6.07) is 23.1. The second kappa shape index (κ2) is 8.15. The summed E-state index contributed by atoms with van der Waals surface area (Å²) >= 11 is 1.36. The van der Waals surface area contributed by atoms with E-state index < -0.39 is 0 Å². The number of thiazole rings is 1. The number of para-hydroxylation sites is 1. The standard InChI is InChI=1S/C28H22N2O3S/c1-33-20-13-10-18(11-14-20)26-22-15-12-17-6-2-4-8-21(17)25(22)29-28-30(26)27(32)24(34-28)16-19-7-3-5-9-23(19)31/h2-11,13-14,16,26,31H,12,15H2,1H3/b24-16+. The summed E-state index contributed by atoms with van der Waals surface area (Å²) in [6.07, 6.45) is 3.51. The fraction of sp³-hybridized carbons (Fsp3) is 0.143. The molecule has 3 aromatic carbocycles. The van der Waals surface area contributed by atoms with Crippen molar-refractivity contribution in [3.63, 3.8) is 0 Å². The Labute approximate surface area is 200 Å². The van der Waals surface area contributed by atoms with Crippen molar-refractivity contribution in [2.75, 3.05) is 7.11 Å². The molecule has 6 heteroatoms. The Bertz CT molecular complexity index is 1630. The highest BCUT2D eigenvalue weighted by atomic mass is 32.1. The third kappa shape index (κ3) is 3.30. The van der Waals surface area contributed by atoms with Crippen molar-refractivity contribution < 1.29 is 9.84 Å². The van der Waals surface area contributed by atoms with Gasteiger partial charge >= 0.3 is 0 Å². The lowest BCUT2D eigenvalue weighted by Gasteiger charge is -2.30. The lowest BCUT2D eigenvalue weighted by atomic mass is 9.83. The van der Waals surface area contributed by atoms with Crippen molar-refractivity contribution in [2.45, 2.75) is 18.9 Å². The number of aromatic hydroxyl groups is 1. The molecule has 2 aliphatic rings. The first-order chi connectivity index (χ1) is 16.6. The zero-order valence-corrected chi connectivity index (χ0v) is 19.4. The number of ether oxygens (including phenoxy) is 1. The number of nitrogens with zero attached hydrogens (tertiary/aromatic N) is 2. The molecule has 1 atom stereocenters. The minimum Gasteiger partial charge on any atom is -0.507 e. The maximum atomic E-state index is 13.7. The quantitative estimate of drug-likeness (QED) is 0.496. The van der Waals surface area contributed by atoms with Gasteiger partial charge in [-0.3, -0.25) is 9.36 Å². The van der Waals surface area contributed by atoms with Crippen molar-refractivity contribution in [1.29, 1.82) is 0 Å². The van der Waals surface area contributed by atoms with Crippen molar-refractivity contribution in [3.05, 3.63) is 120 Å². The lowest BCUT2D eigenvalue weighted by Crippen LogP contribution is -2.38. The van der Waals surface area contributed by atoms with Gasteiger partial charge in [-0.1, -0.05) is 65.9 Å². The van der Waals surface area contributed by atoms with Crippen LogP contribution in [0.2, 0.25) is 0 Å². The van der Waals surface area contributed by atoms with Gasteiger partial charge in [-0.25, -0.2) is 4.99 Å². The van der Waals surface area contributed by atoms with Gasteiger partial charge in [0, 0.05) is 11.1 Å². The molecule has 0 saturated carbocycles. The van der Waals surface area contributed by atoms with E-state index in [2.05, 4.69) is 18.2 Å². The van der Waals surface area contributed by atoms with E-state index in [1.54, 1.807) is 31.4 Å². The molecule has 0 radical (unpaired) electrons. The van der Waals surface area contributed by atoms with Crippen LogP contribution in [0.25, 0.3) is 11.8 Å². The van der Waals surface area contributed by atoms with E-state index in [1.807, 2.05) is 41.0 Å². The number of hydrogen-bond donors (Lipinski definition) is 1. The molecule has 6 rings (SSSR count). The van der Waals surface area contributed by atoms with Crippen LogP contribution in [0.4, 0.5) is 0 Å². The van der Waals surface area contributed by atoms with Gasteiger partial charge in [0.25, 0.3) is 5.56 Å². The number of allylic oxidation sites excluding steroid dienone is 1. The number of aromatic nitrogens is 1. The minimum atomic E-state index is -0.239. The number of phenols is 1. The number of hydrogen-bond acceptors (Lipinski definition) is 5. The predicted octanol–water partition coefficient (Wildman–Crippen LogP) is 4.03. The highest BCUT2D eigenvalue weighted by Gasteiger charge is 2.32. The molecule has 0 fully saturated rings. The molecular weight excluding hydrogens is 444 g/mol. The molecule has 2 heterocycles. The number of benzene rings is 3. The van der Waals surface area contributed by atoms with Crippen LogP contribution in [0, 0.1) is 0 Å². The van der Waals surface area contributed by atoms with Gasteiger partial charge in [-0.2, -0.15) is 0 Å². The third-order valence-electron chi connectivity index (χ3n) is 6.53. The average Bonchev–Trinajstić information content (AvgIpc) is 3.18. The summed E-state index contributed by atoms with van der Waals surface area (Å²) < 4.78 is 7.72. The van der Waals surface area contributed by atoms with Crippen molar-refractivity contribution in [2.24, 2.45) is 4.99 Å². The maximum absolute atomic E-state index is 13.7. The first kappa shape index (κ1) is 20.7. The van der Waals surface area contributed by atoms with Crippen LogP contribution in [0.3, 0.4) is 0 Å². The Morgan fingerprint density at radius 2 is 1.79 bits per heavy atom. The number of fused-ring (bicyclic) bond motifs is 3. The second-order valence-electron chi connectivity index (χ2n) is 8.45. The van der Waals surface area contributed by atoms with Gasteiger partial charge in [0.2, 0.25) is 0 Å². The average molecular weight is 467 g/mol. The second-order valence-corrected chi connectivity index (χ2v) is 9.45.